The zero-order valence-electron chi connectivity index (χ0n) is 11.6. The van der Waals surface area contributed by atoms with Crippen molar-refractivity contribution in [2.75, 3.05) is 6.54 Å². The third-order valence-electron chi connectivity index (χ3n) is 3.16. The van der Waals surface area contributed by atoms with Crippen molar-refractivity contribution in [3.8, 4) is 0 Å². The largest absolute Gasteiger partial charge is 0.331 e. The molecule has 0 unspecified atom stereocenters. The van der Waals surface area contributed by atoms with Gasteiger partial charge in [-0.25, -0.2) is 4.79 Å². The van der Waals surface area contributed by atoms with Gasteiger partial charge in [0.2, 0.25) is 0 Å². The maximum absolute atomic E-state index is 12.3. The van der Waals surface area contributed by atoms with Crippen molar-refractivity contribution in [1.29, 1.82) is 0 Å². The fourth-order valence-electron chi connectivity index (χ4n) is 2.14. The third-order valence-corrected chi connectivity index (χ3v) is 3.16. The number of benzene rings is 1. The molecule has 0 aliphatic rings. The fraction of sp³-hybridized carbons (Fsp3) is 0.333. The normalized spacial score (nSPS) is 10.7. The number of aromatic nitrogens is 2. The maximum atomic E-state index is 12.3. The molecule has 106 valence electrons. The van der Waals surface area contributed by atoms with Crippen LogP contribution in [0, 0.1) is 6.92 Å². The molecule has 2 N–H and O–H groups in total. The number of nitrogens with two attached hydrogens (primary N) is 1. The van der Waals surface area contributed by atoms with Gasteiger partial charge in [-0.1, -0.05) is 29.8 Å². The van der Waals surface area contributed by atoms with Gasteiger partial charge in [-0.05, 0) is 25.5 Å². The molecule has 0 atom stereocenters. The number of hydrogen-bond donors (Lipinski definition) is 1. The molecule has 0 saturated carbocycles. The Morgan fingerprint density at radius 2 is 2.00 bits per heavy atom. The summed E-state index contributed by atoms with van der Waals surface area (Å²) in [5, 5.41) is 0. The number of rotatable bonds is 5. The van der Waals surface area contributed by atoms with Gasteiger partial charge in [0.15, 0.2) is 0 Å². The van der Waals surface area contributed by atoms with Gasteiger partial charge < -0.3 is 5.73 Å². The van der Waals surface area contributed by atoms with E-state index in [-0.39, 0.29) is 11.2 Å². The molecular weight excluding hydrogens is 254 g/mol. The van der Waals surface area contributed by atoms with Crippen molar-refractivity contribution in [2.24, 2.45) is 5.73 Å². The van der Waals surface area contributed by atoms with E-state index < -0.39 is 0 Å². The lowest BCUT2D eigenvalue weighted by Gasteiger charge is -2.10. The minimum Gasteiger partial charge on any atom is -0.330 e. The minimum absolute atomic E-state index is 0.274. The van der Waals surface area contributed by atoms with Gasteiger partial charge in [-0.2, -0.15) is 0 Å². The first-order chi connectivity index (χ1) is 9.61. The van der Waals surface area contributed by atoms with Crippen LogP contribution in [0.4, 0.5) is 0 Å². The standard InChI is InChI=1S/C15H19N3O2/c1-12-4-2-5-13(10-12)11-17-9-6-14(19)18(15(17)20)8-3-7-16/h2,4-6,9-10H,3,7-8,11,16H2,1H3. The van der Waals surface area contributed by atoms with E-state index in [1.807, 2.05) is 31.2 Å². The second-order valence-electron chi connectivity index (χ2n) is 4.85. The number of nitrogens with zero attached hydrogens (tertiary/aromatic N) is 2. The van der Waals surface area contributed by atoms with Crippen molar-refractivity contribution in [3.63, 3.8) is 0 Å². The first kappa shape index (κ1) is 14.3. The average Bonchev–Trinajstić information content (AvgIpc) is 2.42. The molecule has 0 fully saturated rings. The molecule has 0 bridgehead atoms. The lowest BCUT2D eigenvalue weighted by molar-refractivity contribution is 0.554. The van der Waals surface area contributed by atoms with Crippen LogP contribution in [0.5, 0.6) is 0 Å². The van der Waals surface area contributed by atoms with E-state index in [9.17, 15) is 9.59 Å². The zero-order chi connectivity index (χ0) is 14.5. The number of aryl methyl sites for hydroxylation is 1. The Morgan fingerprint density at radius 3 is 2.70 bits per heavy atom. The Hall–Kier alpha value is -2.14. The molecule has 20 heavy (non-hydrogen) atoms. The molecular formula is C15H19N3O2. The van der Waals surface area contributed by atoms with Crippen LogP contribution in [0.25, 0.3) is 0 Å². The topological polar surface area (TPSA) is 70.0 Å². The molecule has 1 heterocycles. The van der Waals surface area contributed by atoms with Gasteiger partial charge in [0.25, 0.3) is 5.56 Å². The van der Waals surface area contributed by atoms with Crippen LogP contribution in [-0.2, 0) is 13.1 Å². The van der Waals surface area contributed by atoms with Crippen LogP contribution < -0.4 is 17.0 Å². The lowest BCUT2D eigenvalue weighted by Crippen LogP contribution is -2.39. The zero-order valence-corrected chi connectivity index (χ0v) is 11.6. The van der Waals surface area contributed by atoms with Gasteiger partial charge in [0.05, 0.1) is 6.54 Å². The third kappa shape index (κ3) is 3.24. The molecule has 0 aliphatic heterocycles. The van der Waals surface area contributed by atoms with Crippen molar-refractivity contribution >= 4 is 0 Å². The van der Waals surface area contributed by atoms with Gasteiger partial charge in [0, 0.05) is 18.8 Å². The first-order valence-corrected chi connectivity index (χ1v) is 6.67. The van der Waals surface area contributed by atoms with E-state index in [1.54, 1.807) is 10.8 Å². The fourth-order valence-corrected chi connectivity index (χ4v) is 2.14. The van der Waals surface area contributed by atoms with Crippen LogP contribution in [0.2, 0.25) is 0 Å². The molecule has 0 saturated heterocycles. The van der Waals surface area contributed by atoms with Crippen molar-refractivity contribution in [1.82, 2.24) is 9.13 Å². The molecule has 0 aliphatic carbocycles. The van der Waals surface area contributed by atoms with Crippen LogP contribution >= 0.6 is 0 Å². The summed E-state index contributed by atoms with van der Waals surface area (Å²) in [5.74, 6) is 0. The molecule has 1 aromatic heterocycles. The smallest absolute Gasteiger partial charge is 0.330 e. The van der Waals surface area contributed by atoms with E-state index in [0.29, 0.717) is 26.1 Å². The van der Waals surface area contributed by atoms with Gasteiger partial charge >= 0.3 is 5.69 Å². The molecule has 1 aromatic carbocycles. The monoisotopic (exact) mass is 273 g/mol. The van der Waals surface area contributed by atoms with Crippen LogP contribution in [0.3, 0.4) is 0 Å². The molecule has 0 spiro atoms. The SMILES string of the molecule is Cc1cccc(Cn2ccc(=O)n(CCCN)c2=O)c1. The van der Waals surface area contributed by atoms with Crippen LogP contribution in [-0.4, -0.2) is 15.7 Å². The van der Waals surface area contributed by atoms with E-state index >= 15 is 0 Å². The second kappa shape index (κ2) is 6.34. The summed E-state index contributed by atoms with van der Waals surface area (Å²) < 4.78 is 2.79. The Bertz CT molecular complexity index is 701. The summed E-state index contributed by atoms with van der Waals surface area (Å²) in [6.07, 6.45) is 2.16. The van der Waals surface area contributed by atoms with Gasteiger partial charge in [0.1, 0.15) is 0 Å². The van der Waals surface area contributed by atoms with Gasteiger partial charge in [-0.15, -0.1) is 0 Å². The predicted octanol–water partition coefficient (Wildman–Crippen LogP) is 0.716. The second-order valence-corrected chi connectivity index (χ2v) is 4.85. The molecule has 2 aromatic rings. The van der Waals surface area contributed by atoms with E-state index in [0.717, 1.165) is 11.1 Å². The van der Waals surface area contributed by atoms with Crippen LogP contribution in [0.15, 0.2) is 46.1 Å². The molecule has 2 rings (SSSR count). The Balaban J connectivity index is 2.33. The quantitative estimate of drug-likeness (QED) is 0.872. The Kier molecular flexibility index (Phi) is 4.53. The Morgan fingerprint density at radius 1 is 1.20 bits per heavy atom. The molecule has 5 nitrogen and oxygen atoms in total. The van der Waals surface area contributed by atoms with E-state index in [2.05, 4.69) is 0 Å². The maximum Gasteiger partial charge on any atom is 0.331 e. The summed E-state index contributed by atoms with van der Waals surface area (Å²) in [6.45, 7) is 3.29. The highest BCUT2D eigenvalue weighted by molar-refractivity contribution is 5.22. The predicted molar refractivity (Wildman–Crippen MR) is 78.9 cm³/mol. The van der Waals surface area contributed by atoms with Crippen molar-refractivity contribution in [2.45, 2.75) is 26.4 Å². The summed E-state index contributed by atoms with van der Waals surface area (Å²) in [7, 11) is 0. The Labute approximate surface area is 117 Å². The molecule has 5 heteroatoms. The highest BCUT2D eigenvalue weighted by Gasteiger charge is 2.05. The molecule has 0 radical (unpaired) electrons. The highest BCUT2D eigenvalue weighted by Crippen LogP contribution is 2.04. The van der Waals surface area contributed by atoms with Crippen LogP contribution in [0.1, 0.15) is 17.5 Å². The first-order valence-electron chi connectivity index (χ1n) is 6.67. The summed E-state index contributed by atoms with van der Waals surface area (Å²) in [5.41, 5.74) is 7.06. The number of hydrogen-bond acceptors (Lipinski definition) is 3. The average molecular weight is 273 g/mol. The van der Waals surface area contributed by atoms with Crippen molar-refractivity contribution < 1.29 is 0 Å². The van der Waals surface area contributed by atoms with E-state index in [1.165, 1.54) is 10.6 Å². The van der Waals surface area contributed by atoms with E-state index in [4.69, 9.17) is 5.73 Å². The summed E-state index contributed by atoms with van der Waals surface area (Å²) in [4.78, 5) is 24.0. The summed E-state index contributed by atoms with van der Waals surface area (Å²) >= 11 is 0. The molecule has 0 amide bonds. The minimum atomic E-state index is -0.285. The lowest BCUT2D eigenvalue weighted by atomic mass is 10.1. The van der Waals surface area contributed by atoms with Gasteiger partial charge in [-0.3, -0.25) is 13.9 Å². The van der Waals surface area contributed by atoms with Crippen molar-refractivity contribution in [3.05, 3.63) is 68.5 Å². The summed E-state index contributed by atoms with van der Waals surface area (Å²) in [6, 6.07) is 9.39. The highest BCUT2D eigenvalue weighted by atomic mass is 16.2.